The number of nitrogens with one attached hydrogen (secondary N) is 1. The minimum Gasteiger partial charge on any atom is -0.353 e. The van der Waals surface area contributed by atoms with Gasteiger partial charge in [-0.3, -0.25) is 4.79 Å². The molecule has 0 aliphatic heterocycles. The van der Waals surface area contributed by atoms with Crippen LogP contribution in [0.4, 0.5) is 0 Å². The number of rotatable bonds is 12. The smallest absolute Gasteiger partial charge is 0.243 e. The SMILES string of the molecule is C=CC(=O)NCCCc1ccc(-c2ccc(-c3ccc(-c4ccc(CCCCC)cc4)cc3C)cc2C)cc1. The molecule has 0 unspecified atom stereocenters. The zero-order valence-corrected chi connectivity index (χ0v) is 23.7. The molecule has 0 radical (unpaired) electrons. The Morgan fingerprint density at radius 1 is 0.667 bits per heavy atom. The van der Waals surface area contributed by atoms with E-state index in [1.807, 2.05) is 0 Å². The standard InChI is InChI=1S/C37H41NO/c1-5-7-8-10-29-12-16-31(17-13-29)33-20-22-36(27(3)25-33)34-21-23-35(28(4)26-34)32-18-14-30(15-19-32)11-9-24-38-37(39)6-2/h6,12-23,25-26H,2,5,7-11,24H2,1,3-4H3,(H,38,39). The van der Waals surface area contributed by atoms with E-state index < -0.39 is 0 Å². The number of hydrogen-bond acceptors (Lipinski definition) is 1. The summed E-state index contributed by atoms with van der Waals surface area (Å²) in [6, 6.07) is 31.5. The molecule has 0 saturated carbocycles. The minimum absolute atomic E-state index is 0.113. The minimum atomic E-state index is -0.113. The van der Waals surface area contributed by atoms with Gasteiger partial charge in [0.1, 0.15) is 0 Å². The number of benzene rings is 4. The molecule has 0 spiro atoms. The fourth-order valence-corrected chi connectivity index (χ4v) is 5.19. The second-order valence-electron chi connectivity index (χ2n) is 10.5. The first-order chi connectivity index (χ1) is 19.0. The molecule has 1 N–H and O–H groups in total. The monoisotopic (exact) mass is 515 g/mol. The summed E-state index contributed by atoms with van der Waals surface area (Å²) in [5, 5.41) is 2.83. The molecular formula is C37H41NO. The van der Waals surface area contributed by atoms with Gasteiger partial charge in [-0.25, -0.2) is 0 Å². The predicted molar refractivity (Wildman–Crippen MR) is 167 cm³/mol. The number of unbranched alkanes of at least 4 members (excludes halogenated alkanes) is 2. The molecule has 4 rings (SSSR count). The van der Waals surface area contributed by atoms with Crippen molar-refractivity contribution in [2.24, 2.45) is 0 Å². The second kappa shape index (κ2) is 13.8. The van der Waals surface area contributed by atoms with Crippen LogP contribution in [-0.4, -0.2) is 12.5 Å². The topological polar surface area (TPSA) is 29.1 Å². The van der Waals surface area contributed by atoms with Gasteiger partial charge in [0.15, 0.2) is 0 Å². The van der Waals surface area contributed by atoms with Crippen LogP contribution in [0.15, 0.2) is 97.6 Å². The van der Waals surface area contributed by atoms with Crippen LogP contribution in [0.5, 0.6) is 0 Å². The fourth-order valence-electron chi connectivity index (χ4n) is 5.19. The van der Waals surface area contributed by atoms with Crippen LogP contribution in [0.2, 0.25) is 0 Å². The molecule has 4 aromatic rings. The Morgan fingerprint density at radius 2 is 1.18 bits per heavy atom. The molecule has 0 heterocycles. The van der Waals surface area contributed by atoms with Gasteiger partial charge >= 0.3 is 0 Å². The van der Waals surface area contributed by atoms with Crippen LogP contribution in [0, 0.1) is 13.8 Å². The van der Waals surface area contributed by atoms with E-state index in [0.29, 0.717) is 6.54 Å². The Hall–Kier alpha value is -3.91. The molecule has 0 fully saturated rings. The molecule has 0 aromatic heterocycles. The Labute approximate surface area is 234 Å². The van der Waals surface area contributed by atoms with Crippen LogP contribution in [0.3, 0.4) is 0 Å². The third kappa shape index (κ3) is 7.57. The van der Waals surface area contributed by atoms with E-state index in [2.05, 4.69) is 118 Å². The molecule has 200 valence electrons. The van der Waals surface area contributed by atoms with Crippen molar-refractivity contribution < 1.29 is 4.79 Å². The second-order valence-corrected chi connectivity index (χ2v) is 10.5. The van der Waals surface area contributed by atoms with Gasteiger partial charge in [-0.1, -0.05) is 111 Å². The third-order valence-electron chi connectivity index (χ3n) is 7.51. The maximum atomic E-state index is 11.3. The lowest BCUT2D eigenvalue weighted by molar-refractivity contribution is -0.116. The lowest BCUT2D eigenvalue weighted by Crippen LogP contribution is -2.22. The molecular weight excluding hydrogens is 474 g/mol. The van der Waals surface area contributed by atoms with E-state index in [9.17, 15) is 4.79 Å². The molecule has 2 nitrogen and oxygen atoms in total. The van der Waals surface area contributed by atoms with Gasteiger partial charge in [0, 0.05) is 6.54 Å². The van der Waals surface area contributed by atoms with Crippen molar-refractivity contribution in [2.45, 2.75) is 59.3 Å². The lowest BCUT2D eigenvalue weighted by Gasteiger charge is -2.13. The van der Waals surface area contributed by atoms with Gasteiger partial charge in [0.2, 0.25) is 5.91 Å². The van der Waals surface area contributed by atoms with E-state index in [1.54, 1.807) is 0 Å². The highest BCUT2D eigenvalue weighted by Gasteiger charge is 2.09. The molecule has 1 amide bonds. The van der Waals surface area contributed by atoms with Gasteiger partial charge in [0.05, 0.1) is 0 Å². The molecule has 0 aliphatic carbocycles. The van der Waals surface area contributed by atoms with Gasteiger partial charge < -0.3 is 5.32 Å². The Bertz CT molecular complexity index is 1400. The lowest BCUT2D eigenvalue weighted by atomic mass is 9.91. The number of carbonyl (C=O) groups excluding carboxylic acids is 1. The maximum absolute atomic E-state index is 11.3. The average Bonchev–Trinajstić information content (AvgIpc) is 2.96. The van der Waals surface area contributed by atoms with Gasteiger partial charge in [0.25, 0.3) is 0 Å². The summed E-state index contributed by atoms with van der Waals surface area (Å²) in [5.41, 5.74) is 12.9. The van der Waals surface area contributed by atoms with Gasteiger partial charge in [-0.05, 0) is 101 Å². The number of amides is 1. The van der Waals surface area contributed by atoms with E-state index >= 15 is 0 Å². The zero-order chi connectivity index (χ0) is 27.6. The molecule has 0 aliphatic rings. The maximum Gasteiger partial charge on any atom is 0.243 e. The molecule has 0 bridgehead atoms. The number of carbonyl (C=O) groups is 1. The van der Waals surface area contributed by atoms with Crippen LogP contribution in [-0.2, 0) is 17.6 Å². The normalized spacial score (nSPS) is 10.8. The van der Waals surface area contributed by atoms with E-state index in [1.165, 1.54) is 87.4 Å². The molecule has 4 aromatic carbocycles. The predicted octanol–water partition coefficient (Wildman–Crippen LogP) is 9.27. The highest BCUT2D eigenvalue weighted by molar-refractivity contribution is 5.86. The number of hydrogen-bond donors (Lipinski definition) is 1. The highest BCUT2D eigenvalue weighted by Crippen LogP contribution is 2.32. The molecule has 39 heavy (non-hydrogen) atoms. The summed E-state index contributed by atoms with van der Waals surface area (Å²) in [5.74, 6) is -0.113. The Kier molecular flexibility index (Phi) is 9.91. The van der Waals surface area contributed by atoms with Crippen LogP contribution >= 0.6 is 0 Å². The van der Waals surface area contributed by atoms with Gasteiger partial charge in [-0.15, -0.1) is 0 Å². The Morgan fingerprint density at radius 3 is 1.77 bits per heavy atom. The molecule has 0 atom stereocenters. The van der Waals surface area contributed by atoms with Crippen LogP contribution in [0.25, 0.3) is 33.4 Å². The molecule has 0 saturated heterocycles. The first kappa shape index (κ1) is 28.1. The van der Waals surface area contributed by atoms with Crippen molar-refractivity contribution in [3.63, 3.8) is 0 Å². The van der Waals surface area contributed by atoms with E-state index in [4.69, 9.17) is 0 Å². The zero-order valence-electron chi connectivity index (χ0n) is 23.7. The summed E-state index contributed by atoms with van der Waals surface area (Å²) in [6.45, 7) is 10.8. The number of aryl methyl sites for hydroxylation is 4. The van der Waals surface area contributed by atoms with E-state index in [-0.39, 0.29) is 5.91 Å². The van der Waals surface area contributed by atoms with Crippen LogP contribution < -0.4 is 5.32 Å². The highest BCUT2D eigenvalue weighted by atomic mass is 16.1. The van der Waals surface area contributed by atoms with E-state index in [0.717, 1.165) is 12.8 Å². The summed E-state index contributed by atoms with van der Waals surface area (Å²) in [4.78, 5) is 11.3. The summed E-state index contributed by atoms with van der Waals surface area (Å²) in [6.07, 6.45) is 8.17. The van der Waals surface area contributed by atoms with Crippen molar-refractivity contribution in [2.75, 3.05) is 6.54 Å². The fraction of sp³-hybridized carbons (Fsp3) is 0.270. The van der Waals surface area contributed by atoms with Crippen molar-refractivity contribution >= 4 is 5.91 Å². The third-order valence-corrected chi connectivity index (χ3v) is 7.51. The largest absolute Gasteiger partial charge is 0.353 e. The summed E-state index contributed by atoms with van der Waals surface area (Å²) in [7, 11) is 0. The van der Waals surface area contributed by atoms with Crippen molar-refractivity contribution in [1.82, 2.24) is 5.32 Å². The molecule has 2 heteroatoms. The quantitative estimate of drug-likeness (QED) is 0.148. The van der Waals surface area contributed by atoms with Crippen molar-refractivity contribution in [1.29, 1.82) is 0 Å². The Balaban J connectivity index is 1.43. The van der Waals surface area contributed by atoms with Crippen molar-refractivity contribution in [3.8, 4) is 33.4 Å². The van der Waals surface area contributed by atoms with Crippen LogP contribution in [0.1, 0.15) is 54.9 Å². The van der Waals surface area contributed by atoms with Crippen molar-refractivity contribution in [3.05, 3.63) is 120 Å². The van der Waals surface area contributed by atoms with Gasteiger partial charge in [-0.2, -0.15) is 0 Å². The summed E-state index contributed by atoms with van der Waals surface area (Å²) < 4.78 is 0. The first-order valence-electron chi connectivity index (χ1n) is 14.3. The first-order valence-corrected chi connectivity index (χ1v) is 14.3. The summed E-state index contributed by atoms with van der Waals surface area (Å²) >= 11 is 0. The average molecular weight is 516 g/mol.